The van der Waals surface area contributed by atoms with Crippen molar-refractivity contribution in [2.24, 2.45) is 5.73 Å². The Labute approximate surface area is 175 Å². The lowest BCUT2D eigenvalue weighted by molar-refractivity contribution is -0.134. The third-order valence-electron chi connectivity index (χ3n) is 4.65. The average Bonchev–Trinajstić information content (AvgIpc) is 3.08. The predicted octanol–water partition coefficient (Wildman–Crippen LogP) is 1.72. The molecule has 152 valence electrons. The Kier molecular flexibility index (Phi) is 7.34. The topological polar surface area (TPSA) is 105 Å². The van der Waals surface area contributed by atoms with Gasteiger partial charge in [-0.2, -0.15) is 17.7 Å². The van der Waals surface area contributed by atoms with E-state index in [-0.39, 0.29) is 37.2 Å². The summed E-state index contributed by atoms with van der Waals surface area (Å²) in [6.07, 6.45) is -1.02. The Morgan fingerprint density at radius 3 is 2.61 bits per heavy atom. The minimum absolute atomic E-state index is 0. The minimum Gasteiger partial charge on any atom is -0.465 e. The first-order chi connectivity index (χ1) is 12.9. The number of thiol groups is 1. The van der Waals surface area contributed by atoms with Gasteiger partial charge >= 0.3 is 6.09 Å². The molecule has 0 bridgehead atoms. The summed E-state index contributed by atoms with van der Waals surface area (Å²) in [4.78, 5) is 27.3. The van der Waals surface area contributed by atoms with Crippen molar-refractivity contribution < 1.29 is 14.7 Å². The molecule has 2 atom stereocenters. The number of carboxylic acid groups (broad SMARTS) is 1. The third-order valence-corrected chi connectivity index (χ3v) is 5.05. The average molecular weight is 426 g/mol. The van der Waals surface area contributed by atoms with Crippen LogP contribution in [0.15, 0.2) is 36.4 Å². The second-order valence-corrected chi connectivity index (χ2v) is 6.89. The second kappa shape index (κ2) is 9.31. The van der Waals surface area contributed by atoms with Crippen LogP contribution in [0.1, 0.15) is 17.4 Å². The van der Waals surface area contributed by atoms with E-state index in [0.29, 0.717) is 6.54 Å². The Morgan fingerprint density at radius 1 is 1.32 bits per heavy atom. The molecule has 1 saturated heterocycles. The number of benzene rings is 1. The Morgan fingerprint density at radius 2 is 2.00 bits per heavy atom. The number of nitrogens with two attached hydrogens (primary N) is 1. The van der Waals surface area contributed by atoms with Crippen LogP contribution in [0.5, 0.6) is 0 Å². The number of aryl methyl sites for hydroxylation is 1. The zero-order valence-electron chi connectivity index (χ0n) is 15.4. The molecular weight excluding hydrogens is 402 g/mol. The number of carbonyl (C=O) groups is 2. The molecule has 1 aliphatic heterocycles. The van der Waals surface area contributed by atoms with E-state index in [1.807, 2.05) is 43.3 Å². The normalized spacial score (nSPS) is 17.8. The SMILES string of the molecule is Cc1cc([C@H]2CN(C(=O)C(N)CS)CCN2C(=O)O)n(-c2ccccc2)n1.Cl. The van der Waals surface area contributed by atoms with Crippen molar-refractivity contribution in [1.29, 1.82) is 0 Å². The maximum atomic E-state index is 12.5. The summed E-state index contributed by atoms with van der Waals surface area (Å²) >= 11 is 4.09. The van der Waals surface area contributed by atoms with Crippen LogP contribution in [0.3, 0.4) is 0 Å². The lowest BCUT2D eigenvalue weighted by Crippen LogP contribution is -2.56. The molecule has 8 nitrogen and oxygen atoms in total. The first-order valence-corrected chi connectivity index (χ1v) is 9.32. The van der Waals surface area contributed by atoms with Crippen molar-refractivity contribution in [2.75, 3.05) is 25.4 Å². The van der Waals surface area contributed by atoms with Gasteiger partial charge in [0, 0.05) is 25.4 Å². The summed E-state index contributed by atoms with van der Waals surface area (Å²) in [6.45, 7) is 2.60. The van der Waals surface area contributed by atoms with Crippen molar-refractivity contribution >= 4 is 37.0 Å². The molecule has 3 N–H and O–H groups in total. The number of halogens is 1. The highest BCUT2D eigenvalue weighted by atomic mass is 35.5. The summed E-state index contributed by atoms with van der Waals surface area (Å²) in [5.74, 6) is 0.0199. The smallest absolute Gasteiger partial charge is 0.407 e. The Balaban J connectivity index is 0.00000280. The zero-order valence-corrected chi connectivity index (χ0v) is 17.1. The molecule has 0 spiro atoms. The van der Waals surface area contributed by atoms with Crippen LogP contribution in [0.25, 0.3) is 5.69 Å². The van der Waals surface area contributed by atoms with Gasteiger partial charge in [0.1, 0.15) is 0 Å². The molecule has 2 aromatic rings. The van der Waals surface area contributed by atoms with Gasteiger partial charge in [-0.3, -0.25) is 9.69 Å². The van der Waals surface area contributed by atoms with E-state index in [4.69, 9.17) is 5.73 Å². The van der Waals surface area contributed by atoms with Gasteiger partial charge in [-0.25, -0.2) is 9.48 Å². The number of hydrogen-bond acceptors (Lipinski definition) is 5. The van der Waals surface area contributed by atoms with Crippen LogP contribution in [-0.2, 0) is 4.79 Å². The summed E-state index contributed by atoms with van der Waals surface area (Å²) in [5.41, 5.74) is 8.16. The molecule has 2 heterocycles. The molecule has 28 heavy (non-hydrogen) atoms. The van der Waals surface area contributed by atoms with Crippen LogP contribution in [-0.4, -0.2) is 68.1 Å². The fraction of sp³-hybridized carbons (Fsp3) is 0.389. The molecule has 0 saturated carbocycles. The van der Waals surface area contributed by atoms with Crippen molar-refractivity contribution in [2.45, 2.75) is 19.0 Å². The van der Waals surface area contributed by atoms with Gasteiger partial charge in [0.05, 0.1) is 29.2 Å². The largest absolute Gasteiger partial charge is 0.465 e. The molecule has 1 fully saturated rings. The number of nitrogens with zero attached hydrogens (tertiary/aromatic N) is 4. The first-order valence-electron chi connectivity index (χ1n) is 8.69. The van der Waals surface area contributed by atoms with Crippen LogP contribution in [0.4, 0.5) is 4.79 Å². The van der Waals surface area contributed by atoms with E-state index in [2.05, 4.69) is 17.7 Å². The van der Waals surface area contributed by atoms with E-state index >= 15 is 0 Å². The minimum atomic E-state index is -1.02. The van der Waals surface area contributed by atoms with Gasteiger partial charge in [-0.1, -0.05) is 18.2 Å². The Bertz CT molecular complexity index is 832. The highest BCUT2D eigenvalue weighted by molar-refractivity contribution is 7.80. The number of hydrogen-bond donors (Lipinski definition) is 3. The predicted molar refractivity (Wildman–Crippen MR) is 111 cm³/mol. The molecular formula is C18H24ClN5O3S. The van der Waals surface area contributed by atoms with Crippen LogP contribution in [0, 0.1) is 6.92 Å². The van der Waals surface area contributed by atoms with Crippen LogP contribution < -0.4 is 5.73 Å². The third kappa shape index (κ3) is 4.43. The lowest BCUT2D eigenvalue weighted by atomic mass is 10.1. The van der Waals surface area contributed by atoms with Gasteiger partial charge in [-0.05, 0) is 25.1 Å². The first kappa shape index (κ1) is 22.1. The van der Waals surface area contributed by atoms with Gasteiger partial charge in [0.25, 0.3) is 0 Å². The lowest BCUT2D eigenvalue weighted by Gasteiger charge is -2.40. The second-order valence-electron chi connectivity index (χ2n) is 6.52. The molecule has 10 heteroatoms. The van der Waals surface area contributed by atoms with Crippen LogP contribution >= 0.6 is 25.0 Å². The number of piperazine rings is 1. The van der Waals surface area contributed by atoms with Crippen LogP contribution in [0.2, 0.25) is 0 Å². The molecule has 1 aromatic heterocycles. The molecule has 0 radical (unpaired) electrons. The quantitative estimate of drug-likeness (QED) is 0.647. The molecule has 2 amide bonds. The van der Waals surface area contributed by atoms with Crippen molar-refractivity contribution in [3.05, 3.63) is 47.8 Å². The van der Waals surface area contributed by atoms with Crippen molar-refractivity contribution in [1.82, 2.24) is 19.6 Å². The highest BCUT2D eigenvalue weighted by Gasteiger charge is 2.36. The monoisotopic (exact) mass is 425 g/mol. The number of carbonyl (C=O) groups excluding carboxylic acids is 1. The molecule has 1 aliphatic rings. The standard InChI is InChI=1S/C18H23N5O3S.ClH/c1-12-9-15(23(20-12)13-5-3-2-4-6-13)16-10-21(17(24)14(19)11-27)7-8-22(16)18(25)26;/h2-6,9,14,16,27H,7-8,10-11,19H2,1H3,(H,25,26);1H/t14?,16-;/m1./s1. The summed E-state index contributed by atoms with van der Waals surface area (Å²) < 4.78 is 1.74. The fourth-order valence-electron chi connectivity index (χ4n) is 3.31. The maximum absolute atomic E-state index is 12.5. The van der Waals surface area contributed by atoms with Gasteiger partial charge in [0.2, 0.25) is 5.91 Å². The van der Waals surface area contributed by atoms with E-state index in [9.17, 15) is 14.7 Å². The summed E-state index contributed by atoms with van der Waals surface area (Å²) in [6, 6.07) is 10.1. The van der Waals surface area contributed by atoms with E-state index in [1.54, 1.807) is 9.58 Å². The zero-order chi connectivity index (χ0) is 19.6. The number of para-hydroxylation sites is 1. The van der Waals surface area contributed by atoms with Gasteiger partial charge in [0.15, 0.2) is 0 Å². The van der Waals surface area contributed by atoms with E-state index < -0.39 is 18.2 Å². The molecule has 3 rings (SSSR count). The number of rotatable bonds is 4. The van der Waals surface area contributed by atoms with Gasteiger partial charge in [-0.15, -0.1) is 12.4 Å². The maximum Gasteiger partial charge on any atom is 0.407 e. The van der Waals surface area contributed by atoms with Crippen molar-refractivity contribution in [3.63, 3.8) is 0 Å². The molecule has 1 aromatic carbocycles. The highest BCUT2D eigenvalue weighted by Crippen LogP contribution is 2.28. The Hall–Kier alpha value is -2.23. The molecule has 0 aliphatic carbocycles. The number of aromatic nitrogens is 2. The van der Waals surface area contributed by atoms with E-state index in [1.165, 1.54) is 4.90 Å². The number of amides is 2. The summed E-state index contributed by atoms with van der Waals surface area (Å²) in [7, 11) is 0. The molecule has 1 unspecified atom stereocenters. The van der Waals surface area contributed by atoms with E-state index in [0.717, 1.165) is 17.1 Å². The summed E-state index contributed by atoms with van der Waals surface area (Å²) in [5, 5.41) is 14.2. The van der Waals surface area contributed by atoms with Crippen molar-refractivity contribution in [3.8, 4) is 5.69 Å². The fourth-order valence-corrected chi connectivity index (χ4v) is 3.47. The van der Waals surface area contributed by atoms with Gasteiger partial charge < -0.3 is 15.7 Å².